The van der Waals surface area contributed by atoms with Crippen molar-refractivity contribution in [2.45, 2.75) is 6.54 Å². The molecule has 3 rings (SSSR count). The number of hydrogen-bond acceptors (Lipinski definition) is 5. The lowest BCUT2D eigenvalue weighted by Crippen LogP contribution is -2.02. The Balaban J connectivity index is 2.07. The molecule has 80 valence electrons. The highest BCUT2D eigenvalue weighted by molar-refractivity contribution is 7.09. The van der Waals surface area contributed by atoms with Crippen molar-refractivity contribution in [3.8, 4) is 0 Å². The number of aromatic nitrogens is 5. The molecular weight excluding hydrogens is 246 g/mol. The van der Waals surface area contributed by atoms with Crippen LogP contribution in [0, 0.1) is 0 Å². The Labute approximate surface area is 99.7 Å². The number of hydrogen-bond donors (Lipinski definition) is 0. The average molecular weight is 252 g/mol. The molecule has 3 heterocycles. The fraction of sp³-hybridized carbons (Fsp3) is 0.111. The predicted octanol–water partition coefficient (Wildman–Crippen LogP) is 1.98. The van der Waals surface area contributed by atoms with E-state index in [4.69, 9.17) is 11.6 Å². The third-order valence-electron chi connectivity index (χ3n) is 2.08. The smallest absolute Gasteiger partial charge is 0.178 e. The lowest BCUT2D eigenvalue weighted by Gasteiger charge is -1.99. The van der Waals surface area contributed by atoms with Crippen molar-refractivity contribution < 1.29 is 0 Å². The van der Waals surface area contributed by atoms with Crippen molar-refractivity contribution in [1.82, 2.24) is 24.7 Å². The van der Waals surface area contributed by atoms with Gasteiger partial charge in [-0.3, -0.25) is 0 Å². The van der Waals surface area contributed by atoms with Crippen LogP contribution in [0.3, 0.4) is 0 Å². The van der Waals surface area contributed by atoms with Crippen LogP contribution in [0.1, 0.15) is 5.01 Å². The van der Waals surface area contributed by atoms with Gasteiger partial charge in [-0.15, -0.1) is 11.3 Å². The molecular formula is C9H6ClN5S. The predicted molar refractivity (Wildman–Crippen MR) is 61.5 cm³/mol. The van der Waals surface area contributed by atoms with Gasteiger partial charge in [0.1, 0.15) is 15.7 Å². The number of nitrogens with zero attached hydrogens (tertiary/aromatic N) is 5. The molecule has 0 N–H and O–H groups in total. The summed E-state index contributed by atoms with van der Waals surface area (Å²) in [6, 6.07) is 0. The highest BCUT2D eigenvalue weighted by atomic mass is 35.5. The van der Waals surface area contributed by atoms with Gasteiger partial charge in [0.05, 0.1) is 18.9 Å². The van der Waals surface area contributed by atoms with Gasteiger partial charge in [0, 0.05) is 11.6 Å². The summed E-state index contributed by atoms with van der Waals surface area (Å²) in [5.41, 5.74) is 1.42. The summed E-state index contributed by atoms with van der Waals surface area (Å²) in [5, 5.41) is 7.49. The highest BCUT2D eigenvalue weighted by Gasteiger charge is 2.07. The molecule has 0 aliphatic heterocycles. The SMILES string of the molecule is Clc1cnc2cnn(Cc3nccs3)c2n1. The van der Waals surface area contributed by atoms with Crippen molar-refractivity contribution in [2.75, 3.05) is 0 Å². The molecule has 0 amide bonds. The molecule has 3 aromatic heterocycles. The minimum absolute atomic E-state index is 0.369. The molecule has 0 atom stereocenters. The van der Waals surface area contributed by atoms with Crippen LogP contribution in [0.15, 0.2) is 24.0 Å². The molecule has 5 nitrogen and oxygen atoms in total. The third-order valence-corrected chi connectivity index (χ3v) is 3.03. The van der Waals surface area contributed by atoms with E-state index < -0.39 is 0 Å². The summed E-state index contributed by atoms with van der Waals surface area (Å²) in [7, 11) is 0. The summed E-state index contributed by atoms with van der Waals surface area (Å²) < 4.78 is 1.74. The number of thiazole rings is 1. The van der Waals surface area contributed by atoms with Crippen LogP contribution >= 0.6 is 22.9 Å². The van der Waals surface area contributed by atoms with E-state index in [0.29, 0.717) is 17.3 Å². The van der Waals surface area contributed by atoms with Crippen molar-refractivity contribution in [1.29, 1.82) is 0 Å². The lowest BCUT2D eigenvalue weighted by molar-refractivity contribution is 0.700. The highest BCUT2D eigenvalue weighted by Crippen LogP contribution is 2.14. The van der Waals surface area contributed by atoms with Gasteiger partial charge in [-0.2, -0.15) is 5.10 Å². The zero-order valence-electron chi connectivity index (χ0n) is 8.04. The van der Waals surface area contributed by atoms with Gasteiger partial charge in [-0.1, -0.05) is 11.6 Å². The maximum atomic E-state index is 5.80. The Morgan fingerprint density at radius 2 is 2.25 bits per heavy atom. The van der Waals surface area contributed by atoms with Crippen LogP contribution in [0.2, 0.25) is 5.15 Å². The standard InChI is InChI=1S/C9H6ClN5S/c10-7-4-12-6-3-13-15(9(6)14-7)5-8-11-1-2-16-8/h1-4H,5H2. The maximum Gasteiger partial charge on any atom is 0.178 e. The number of halogens is 1. The van der Waals surface area contributed by atoms with Crippen molar-refractivity contribution >= 4 is 34.1 Å². The van der Waals surface area contributed by atoms with Gasteiger partial charge in [0.15, 0.2) is 5.65 Å². The van der Waals surface area contributed by atoms with Gasteiger partial charge in [-0.25, -0.2) is 19.6 Å². The fourth-order valence-corrected chi connectivity index (χ4v) is 2.13. The van der Waals surface area contributed by atoms with Crippen molar-refractivity contribution in [3.63, 3.8) is 0 Å². The fourth-order valence-electron chi connectivity index (χ4n) is 1.40. The molecule has 3 aromatic rings. The summed E-state index contributed by atoms with van der Waals surface area (Å²) in [6.07, 6.45) is 4.95. The zero-order valence-corrected chi connectivity index (χ0v) is 9.61. The zero-order chi connectivity index (χ0) is 11.0. The Morgan fingerprint density at radius 3 is 3.06 bits per heavy atom. The van der Waals surface area contributed by atoms with Gasteiger partial charge in [0.2, 0.25) is 0 Å². The second kappa shape index (κ2) is 3.80. The second-order valence-electron chi connectivity index (χ2n) is 3.13. The minimum atomic E-state index is 0.369. The monoisotopic (exact) mass is 251 g/mol. The number of rotatable bonds is 2. The lowest BCUT2D eigenvalue weighted by atomic mass is 10.5. The van der Waals surface area contributed by atoms with Crippen molar-refractivity contribution in [2.24, 2.45) is 0 Å². The van der Waals surface area contributed by atoms with Crippen molar-refractivity contribution in [3.05, 3.63) is 34.1 Å². The molecule has 0 saturated carbocycles. The third kappa shape index (κ3) is 1.66. The van der Waals surface area contributed by atoms with E-state index in [-0.39, 0.29) is 0 Å². The van der Waals surface area contributed by atoms with E-state index >= 15 is 0 Å². The van der Waals surface area contributed by atoms with Gasteiger partial charge in [0.25, 0.3) is 0 Å². The molecule has 0 unspecified atom stereocenters. The van der Waals surface area contributed by atoms with Crippen LogP contribution in [0.4, 0.5) is 0 Å². The average Bonchev–Trinajstić information content (AvgIpc) is 2.90. The van der Waals surface area contributed by atoms with Crippen LogP contribution in [0.25, 0.3) is 11.2 Å². The van der Waals surface area contributed by atoms with E-state index in [1.54, 1.807) is 28.4 Å². The first-order chi connectivity index (χ1) is 7.83. The molecule has 16 heavy (non-hydrogen) atoms. The van der Waals surface area contributed by atoms with Gasteiger partial charge < -0.3 is 0 Å². The summed E-state index contributed by atoms with van der Waals surface area (Å²) in [4.78, 5) is 12.5. The maximum absolute atomic E-state index is 5.80. The molecule has 0 radical (unpaired) electrons. The first kappa shape index (κ1) is 9.68. The normalized spacial score (nSPS) is 11.1. The molecule has 0 fully saturated rings. The Kier molecular flexibility index (Phi) is 2.30. The van der Waals surface area contributed by atoms with Crippen LogP contribution in [-0.4, -0.2) is 24.7 Å². The second-order valence-corrected chi connectivity index (χ2v) is 4.50. The minimum Gasteiger partial charge on any atom is -0.248 e. The van der Waals surface area contributed by atoms with E-state index in [1.165, 1.54) is 6.20 Å². The molecule has 0 aliphatic carbocycles. The Bertz CT molecular complexity index is 618. The number of fused-ring (bicyclic) bond motifs is 1. The first-order valence-corrected chi connectivity index (χ1v) is 5.81. The topological polar surface area (TPSA) is 56.5 Å². The Morgan fingerprint density at radius 1 is 1.31 bits per heavy atom. The largest absolute Gasteiger partial charge is 0.248 e. The quantitative estimate of drug-likeness (QED) is 0.699. The van der Waals surface area contributed by atoms with Gasteiger partial charge >= 0.3 is 0 Å². The van der Waals surface area contributed by atoms with Gasteiger partial charge in [-0.05, 0) is 0 Å². The van der Waals surface area contributed by atoms with E-state index in [9.17, 15) is 0 Å². The molecule has 0 spiro atoms. The molecule has 0 saturated heterocycles. The van der Waals surface area contributed by atoms with E-state index in [0.717, 1.165) is 10.5 Å². The van der Waals surface area contributed by atoms with Crippen LogP contribution < -0.4 is 0 Å². The molecule has 0 aliphatic rings. The van der Waals surface area contributed by atoms with Crippen LogP contribution in [0.5, 0.6) is 0 Å². The van der Waals surface area contributed by atoms with E-state index in [1.807, 2.05) is 5.38 Å². The Hall–Kier alpha value is -1.53. The first-order valence-electron chi connectivity index (χ1n) is 4.55. The summed E-state index contributed by atoms with van der Waals surface area (Å²) in [6.45, 7) is 0.593. The summed E-state index contributed by atoms with van der Waals surface area (Å²) in [5.74, 6) is 0. The molecule has 0 aromatic carbocycles. The van der Waals surface area contributed by atoms with E-state index in [2.05, 4.69) is 20.1 Å². The molecule has 0 bridgehead atoms. The molecule has 7 heteroatoms. The summed E-state index contributed by atoms with van der Waals surface area (Å²) >= 11 is 7.38. The van der Waals surface area contributed by atoms with Crippen LogP contribution in [-0.2, 0) is 6.54 Å².